The van der Waals surface area contributed by atoms with Gasteiger partial charge >= 0.3 is 0 Å². The van der Waals surface area contributed by atoms with Gasteiger partial charge in [0.2, 0.25) is 5.91 Å². The van der Waals surface area contributed by atoms with Crippen LogP contribution in [0.15, 0.2) is 77.7 Å². The monoisotopic (exact) mass is 491 g/mol. The first kappa shape index (κ1) is 24.9. The summed E-state index contributed by atoms with van der Waals surface area (Å²) in [5.74, 6) is -0.349. The van der Waals surface area contributed by atoms with Crippen LogP contribution >= 0.6 is 0 Å². The second-order valence-corrected chi connectivity index (χ2v) is 11.1. The van der Waals surface area contributed by atoms with Gasteiger partial charge in [-0.2, -0.15) is 0 Å². The summed E-state index contributed by atoms with van der Waals surface area (Å²) < 4.78 is 28.3. The second-order valence-electron chi connectivity index (χ2n) is 9.19. The van der Waals surface area contributed by atoms with Crippen molar-refractivity contribution in [3.8, 4) is 0 Å². The van der Waals surface area contributed by atoms with Crippen molar-refractivity contribution in [1.82, 2.24) is 10.2 Å². The molecule has 0 unspecified atom stereocenters. The van der Waals surface area contributed by atoms with E-state index in [1.165, 1.54) is 22.7 Å². The molecule has 0 bridgehead atoms. The van der Waals surface area contributed by atoms with Gasteiger partial charge in [-0.3, -0.25) is 14.0 Å². The average Bonchev–Trinajstić information content (AvgIpc) is 3.35. The predicted octanol–water partition coefficient (Wildman–Crippen LogP) is 4.41. The first-order chi connectivity index (χ1) is 16.8. The lowest BCUT2D eigenvalue weighted by atomic mass is 10.1. The van der Waals surface area contributed by atoms with Crippen molar-refractivity contribution >= 4 is 21.6 Å². The van der Waals surface area contributed by atoms with E-state index in [-0.39, 0.29) is 17.3 Å². The van der Waals surface area contributed by atoms with E-state index in [1.807, 2.05) is 38.1 Å². The Morgan fingerprint density at radius 2 is 1.57 bits per heavy atom. The summed E-state index contributed by atoms with van der Waals surface area (Å²) in [6.07, 6.45) is 2.45. The standard InChI is InChI=1S/C28H33N3O3S/c1-22-12-14-27(15-13-22)35(33,34)31(26-11-7-8-23(2)18-26)21-28(32)29-19-24-9-3-4-10-25(24)20-30-16-5-6-17-30/h3-4,7-15,18H,5-6,16-17,19-21H2,1-2H3,(H,29,32). The van der Waals surface area contributed by atoms with Gasteiger partial charge in [0.1, 0.15) is 6.54 Å². The number of likely N-dealkylation sites (tertiary alicyclic amines) is 1. The van der Waals surface area contributed by atoms with Gasteiger partial charge in [-0.1, -0.05) is 54.1 Å². The second kappa shape index (κ2) is 11.1. The number of nitrogens with zero attached hydrogens (tertiary/aromatic N) is 2. The minimum Gasteiger partial charge on any atom is -0.350 e. The van der Waals surface area contributed by atoms with Gasteiger partial charge in [0.15, 0.2) is 0 Å². The van der Waals surface area contributed by atoms with Crippen LogP contribution in [-0.2, 0) is 27.9 Å². The Bertz CT molecular complexity index is 1270. The lowest BCUT2D eigenvalue weighted by Gasteiger charge is -2.25. The summed E-state index contributed by atoms with van der Waals surface area (Å²) in [5, 5.41) is 2.95. The van der Waals surface area contributed by atoms with E-state index in [0.717, 1.165) is 36.3 Å². The number of nitrogens with one attached hydrogen (secondary N) is 1. The van der Waals surface area contributed by atoms with Gasteiger partial charge in [0.25, 0.3) is 10.0 Å². The molecular weight excluding hydrogens is 458 g/mol. The molecule has 1 fully saturated rings. The number of rotatable bonds is 9. The molecule has 3 aromatic rings. The molecule has 0 aromatic heterocycles. The number of carbonyl (C=O) groups excluding carboxylic acids is 1. The van der Waals surface area contributed by atoms with E-state index >= 15 is 0 Å². The summed E-state index contributed by atoms with van der Waals surface area (Å²) in [5.41, 5.74) is 4.60. The van der Waals surface area contributed by atoms with Gasteiger partial charge in [-0.15, -0.1) is 0 Å². The Balaban J connectivity index is 1.52. The molecule has 0 saturated carbocycles. The van der Waals surface area contributed by atoms with Gasteiger partial charge in [-0.25, -0.2) is 8.42 Å². The van der Waals surface area contributed by atoms with Crippen LogP contribution in [0.1, 0.15) is 35.1 Å². The van der Waals surface area contributed by atoms with Gasteiger partial charge < -0.3 is 5.32 Å². The fourth-order valence-electron chi connectivity index (χ4n) is 4.38. The third-order valence-corrected chi connectivity index (χ3v) is 8.16. The highest BCUT2D eigenvalue weighted by atomic mass is 32.2. The van der Waals surface area contributed by atoms with Crippen molar-refractivity contribution in [3.05, 3.63) is 95.1 Å². The van der Waals surface area contributed by atoms with Crippen molar-refractivity contribution in [2.45, 2.75) is 44.7 Å². The Hall–Kier alpha value is -3.16. The molecule has 35 heavy (non-hydrogen) atoms. The number of hydrogen-bond acceptors (Lipinski definition) is 4. The number of anilines is 1. The first-order valence-corrected chi connectivity index (χ1v) is 13.5. The van der Waals surface area contributed by atoms with Crippen LogP contribution in [0.2, 0.25) is 0 Å². The van der Waals surface area contributed by atoms with E-state index in [1.54, 1.807) is 42.5 Å². The van der Waals surface area contributed by atoms with E-state index < -0.39 is 10.0 Å². The molecule has 1 saturated heterocycles. The number of sulfonamides is 1. The number of aryl methyl sites for hydroxylation is 2. The molecule has 0 radical (unpaired) electrons. The SMILES string of the molecule is Cc1ccc(S(=O)(=O)N(CC(=O)NCc2ccccc2CN2CCCC2)c2cccc(C)c2)cc1. The van der Waals surface area contributed by atoms with Crippen LogP contribution in [0.3, 0.4) is 0 Å². The quantitative estimate of drug-likeness (QED) is 0.481. The van der Waals surface area contributed by atoms with E-state index in [9.17, 15) is 13.2 Å². The zero-order valence-corrected chi connectivity index (χ0v) is 21.2. The summed E-state index contributed by atoms with van der Waals surface area (Å²) in [4.78, 5) is 15.6. The highest BCUT2D eigenvalue weighted by molar-refractivity contribution is 7.92. The maximum Gasteiger partial charge on any atom is 0.264 e. The number of hydrogen-bond donors (Lipinski definition) is 1. The van der Waals surface area contributed by atoms with Crippen LogP contribution in [0.5, 0.6) is 0 Å². The maximum atomic E-state index is 13.6. The summed E-state index contributed by atoms with van der Waals surface area (Å²) in [6.45, 7) is 6.93. The lowest BCUT2D eigenvalue weighted by Crippen LogP contribution is -2.40. The highest BCUT2D eigenvalue weighted by Gasteiger charge is 2.27. The van der Waals surface area contributed by atoms with E-state index in [2.05, 4.69) is 16.3 Å². The molecule has 6 nitrogen and oxygen atoms in total. The normalized spacial score (nSPS) is 14.1. The summed E-state index contributed by atoms with van der Waals surface area (Å²) >= 11 is 0. The van der Waals surface area contributed by atoms with Crippen molar-refractivity contribution in [3.63, 3.8) is 0 Å². The van der Waals surface area contributed by atoms with Crippen molar-refractivity contribution in [2.75, 3.05) is 23.9 Å². The molecule has 1 aliphatic heterocycles. The molecule has 1 aliphatic rings. The molecule has 184 valence electrons. The fraction of sp³-hybridized carbons (Fsp3) is 0.321. The molecule has 7 heteroatoms. The molecule has 0 aliphatic carbocycles. The average molecular weight is 492 g/mol. The number of benzene rings is 3. The molecule has 1 N–H and O–H groups in total. The van der Waals surface area contributed by atoms with Gasteiger partial charge in [-0.05, 0) is 80.7 Å². The lowest BCUT2D eigenvalue weighted by molar-refractivity contribution is -0.119. The zero-order valence-electron chi connectivity index (χ0n) is 20.4. The van der Waals surface area contributed by atoms with E-state index in [0.29, 0.717) is 12.2 Å². The van der Waals surface area contributed by atoms with Crippen molar-refractivity contribution < 1.29 is 13.2 Å². The fourth-order valence-corrected chi connectivity index (χ4v) is 5.79. The molecule has 0 atom stereocenters. The van der Waals surface area contributed by atoms with E-state index in [4.69, 9.17) is 0 Å². The maximum absolute atomic E-state index is 13.6. The summed E-state index contributed by atoms with van der Waals surface area (Å²) in [7, 11) is -3.92. The predicted molar refractivity (Wildman–Crippen MR) is 140 cm³/mol. The third-order valence-electron chi connectivity index (χ3n) is 6.37. The van der Waals surface area contributed by atoms with Crippen LogP contribution in [0, 0.1) is 13.8 Å². The topological polar surface area (TPSA) is 69.7 Å². The van der Waals surface area contributed by atoms with Gasteiger partial charge in [0.05, 0.1) is 10.6 Å². The van der Waals surface area contributed by atoms with Crippen LogP contribution in [0.4, 0.5) is 5.69 Å². The van der Waals surface area contributed by atoms with Crippen molar-refractivity contribution in [2.24, 2.45) is 0 Å². The smallest absolute Gasteiger partial charge is 0.264 e. The minimum atomic E-state index is -3.92. The van der Waals surface area contributed by atoms with Crippen LogP contribution < -0.4 is 9.62 Å². The largest absolute Gasteiger partial charge is 0.350 e. The van der Waals surface area contributed by atoms with Gasteiger partial charge in [0, 0.05) is 13.1 Å². The molecule has 3 aromatic carbocycles. The Morgan fingerprint density at radius 3 is 2.26 bits per heavy atom. The minimum absolute atomic E-state index is 0.161. The Kier molecular flexibility index (Phi) is 7.88. The Morgan fingerprint density at radius 1 is 0.886 bits per heavy atom. The number of carbonyl (C=O) groups is 1. The number of amides is 1. The molecule has 1 amide bonds. The zero-order chi connectivity index (χ0) is 24.8. The van der Waals surface area contributed by atoms with Crippen LogP contribution in [0.25, 0.3) is 0 Å². The molecular formula is C28H33N3O3S. The Labute approximate surface area is 208 Å². The molecule has 0 spiro atoms. The molecule has 4 rings (SSSR count). The van der Waals surface area contributed by atoms with Crippen LogP contribution in [-0.4, -0.2) is 38.9 Å². The third kappa shape index (κ3) is 6.29. The van der Waals surface area contributed by atoms with Crippen molar-refractivity contribution in [1.29, 1.82) is 0 Å². The summed E-state index contributed by atoms with van der Waals surface area (Å²) in [6, 6.07) is 22.0. The molecule has 1 heterocycles. The highest BCUT2D eigenvalue weighted by Crippen LogP contribution is 2.25. The first-order valence-electron chi connectivity index (χ1n) is 12.0.